The number of hydrogen-bond acceptors (Lipinski definition) is 4. The van der Waals surface area contributed by atoms with Gasteiger partial charge in [0.05, 0.1) is 12.1 Å². The summed E-state index contributed by atoms with van der Waals surface area (Å²) in [5.41, 5.74) is 1.58. The Bertz CT molecular complexity index is 603. The van der Waals surface area contributed by atoms with Gasteiger partial charge in [0.2, 0.25) is 5.91 Å². The molecule has 106 valence electrons. The van der Waals surface area contributed by atoms with E-state index >= 15 is 0 Å². The van der Waals surface area contributed by atoms with E-state index in [4.69, 9.17) is 16.7 Å². The molecule has 1 aromatic rings. The number of amides is 1. The van der Waals surface area contributed by atoms with Crippen molar-refractivity contribution < 1.29 is 14.7 Å². The number of aliphatic imine (C=N–C) groups is 1. The molecular weight excluding hydrogens is 300 g/mol. The van der Waals surface area contributed by atoms with Gasteiger partial charge in [-0.3, -0.25) is 14.5 Å². The summed E-state index contributed by atoms with van der Waals surface area (Å²) in [6.45, 7) is 1.89. The number of carboxylic acids is 1. The molecule has 2 rings (SSSR count). The lowest BCUT2D eigenvalue weighted by Crippen LogP contribution is -2.28. The second-order valence-corrected chi connectivity index (χ2v) is 6.01. The van der Waals surface area contributed by atoms with E-state index in [1.807, 2.05) is 13.0 Å². The molecule has 1 heterocycles. The van der Waals surface area contributed by atoms with E-state index in [1.54, 1.807) is 19.2 Å². The molecule has 1 N–H and O–H groups in total. The highest BCUT2D eigenvalue weighted by molar-refractivity contribution is 8.15. The first-order valence-electron chi connectivity index (χ1n) is 5.89. The van der Waals surface area contributed by atoms with Gasteiger partial charge in [-0.25, -0.2) is 4.99 Å². The first-order chi connectivity index (χ1) is 9.38. The van der Waals surface area contributed by atoms with Crippen LogP contribution in [-0.4, -0.2) is 39.3 Å². The minimum atomic E-state index is -0.996. The van der Waals surface area contributed by atoms with Crippen LogP contribution in [-0.2, 0) is 9.59 Å². The summed E-state index contributed by atoms with van der Waals surface area (Å²) in [5.74, 6) is -1.24. The summed E-state index contributed by atoms with van der Waals surface area (Å²) in [6.07, 6.45) is -0.207. The molecule has 0 spiro atoms. The van der Waals surface area contributed by atoms with Gasteiger partial charge < -0.3 is 5.11 Å². The summed E-state index contributed by atoms with van der Waals surface area (Å²) >= 11 is 7.19. The Labute approximate surface area is 125 Å². The summed E-state index contributed by atoms with van der Waals surface area (Å²) in [5, 5.41) is 9.26. The number of aliphatic carboxylic acids is 1. The zero-order chi connectivity index (χ0) is 14.9. The second kappa shape index (κ2) is 5.85. The minimum Gasteiger partial charge on any atom is -0.481 e. The van der Waals surface area contributed by atoms with Crippen LogP contribution in [0.3, 0.4) is 0 Å². The molecule has 20 heavy (non-hydrogen) atoms. The van der Waals surface area contributed by atoms with E-state index in [0.717, 1.165) is 17.3 Å². The van der Waals surface area contributed by atoms with Crippen molar-refractivity contribution in [2.24, 2.45) is 4.99 Å². The van der Waals surface area contributed by atoms with E-state index in [9.17, 15) is 9.59 Å². The normalized spacial score (nSPS) is 20.8. The number of benzene rings is 1. The lowest BCUT2D eigenvalue weighted by molar-refractivity contribution is -0.139. The van der Waals surface area contributed by atoms with Gasteiger partial charge in [0.1, 0.15) is 5.25 Å². The standard InChI is InChI=1S/C13H13ClN2O3S/c1-7-3-4-8(5-9(7)14)15-13-16(2)12(19)10(20-13)6-11(17)18/h3-5,10H,6H2,1-2H3,(H,17,18). The number of carboxylic acid groups (broad SMARTS) is 1. The number of amidine groups is 1. The number of nitrogens with zero attached hydrogens (tertiary/aromatic N) is 2. The largest absolute Gasteiger partial charge is 0.481 e. The fourth-order valence-corrected chi connectivity index (χ4v) is 3.04. The first-order valence-corrected chi connectivity index (χ1v) is 7.15. The van der Waals surface area contributed by atoms with Gasteiger partial charge in [0.15, 0.2) is 5.17 Å². The molecule has 0 saturated carbocycles. The third-order valence-corrected chi connectivity index (χ3v) is 4.52. The van der Waals surface area contributed by atoms with Crippen LogP contribution in [0, 0.1) is 6.92 Å². The molecule has 1 unspecified atom stereocenters. The van der Waals surface area contributed by atoms with E-state index in [1.165, 1.54) is 4.90 Å². The Balaban J connectivity index is 2.24. The fraction of sp³-hybridized carbons (Fsp3) is 0.308. The molecule has 1 amide bonds. The highest BCUT2D eigenvalue weighted by Crippen LogP contribution is 2.31. The highest BCUT2D eigenvalue weighted by Gasteiger charge is 2.36. The van der Waals surface area contributed by atoms with Crippen LogP contribution in [0.25, 0.3) is 0 Å². The van der Waals surface area contributed by atoms with E-state index in [2.05, 4.69) is 4.99 Å². The van der Waals surface area contributed by atoms with Crippen molar-refractivity contribution in [1.29, 1.82) is 0 Å². The molecule has 5 nitrogen and oxygen atoms in total. The van der Waals surface area contributed by atoms with Crippen molar-refractivity contribution in [2.75, 3.05) is 7.05 Å². The van der Waals surface area contributed by atoms with Gasteiger partial charge in [-0.15, -0.1) is 0 Å². The molecular formula is C13H13ClN2O3S. The van der Waals surface area contributed by atoms with Crippen LogP contribution in [0.2, 0.25) is 5.02 Å². The number of hydrogen-bond donors (Lipinski definition) is 1. The lowest BCUT2D eigenvalue weighted by Gasteiger charge is -2.08. The Kier molecular flexibility index (Phi) is 4.35. The molecule has 1 aromatic carbocycles. The summed E-state index contributed by atoms with van der Waals surface area (Å²) in [7, 11) is 1.59. The molecule has 7 heteroatoms. The lowest BCUT2D eigenvalue weighted by atomic mass is 10.2. The topological polar surface area (TPSA) is 70.0 Å². The molecule has 0 aromatic heterocycles. The zero-order valence-electron chi connectivity index (χ0n) is 11.0. The summed E-state index contributed by atoms with van der Waals surface area (Å²) in [4.78, 5) is 28.3. The first kappa shape index (κ1) is 14.9. The molecule has 0 aliphatic carbocycles. The number of carbonyl (C=O) groups is 2. The molecule has 1 atom stereocenters. The van der Waals surface area contributed by atoms with Crippen LogP contribution >= 0.6 is 23.4 Å². The van der Waals surface area contributed by atoms with Crippen LogP contribution in [0.15, 0.2) is 23.2 Å². The highest BCUT2D eigenvalue weighted by atomic mass is 35.5. The Morgan fingerprint density at radius 2 is 2.25 bits per heavy atom. The van der Waals surface area contributed by atoms with E-state index in [0.29, 0.717) is 15.9 Å². The SMILES string of the molecule is Cc1ccc(N=C2SC(CC(=O)O)C(=O)N2C)cc1Cl. The smallest absolute Gasteiger partial charge is 0.305 e. The number of aryl methyl sites for hydroxylation is 1. The van der Waals surface area contributed by atoms with Crippen molar-refractivity contribution in [2.45, 2.75) is 18.6 Å². The third-order valence-electron chi connectivity index (χ3n) is 2.88. The predicted molar refractivity (Wildman–Crippen MR) is 79.7 cm³/mol. The average Bonchev–Trinajstić information content (AvgIpc) is 2.62. The maximum Gasteiger partial charge on any atom is 0.305 e. The van der Waals surface area contributed by atoms with E-state index < -0.39 is 11.2 Å². The maximum absolute atomic E-state index is 11.9. The number of carbonyl (C=O) groups excluding carboxylic acids is 1. The quantitative estimate of drug-likeness (QED) is 0.931. The number of thioether (sulfide) groups is 1. The van der Waals surface area contributed by atoms with Gasteiger partial charge in [-0.2, -0.15) is 0 Å². The van der Waals surface area contributed by atoms with Crippen LogP contribution in [0.4, 0.5) is 5.69 Å². The summed E-state index contributed by atoms with van der Waals surface area (Å²) in [6, 6.07) is 5.36. The Hall–Kier alpha value is -1.53. The second-order valence-electron chi connectivity index (χ2n) is 4.43. The van der Waals surface area contributed by atoms with Crippen molar-refractivity contribution in [1.82, 2.24) is 4.90 Å². The van der Waals surface area contributed by atoms with E-state index in [-0.39, 0.29) is 12.3 Å². The van der Waals surface area contributed by atoms with Crippen LogP contribution < -0.4 is 0 Å². The fourth-order valence-electron chi connectivity index (χ4n) is 1.72. The molecule has 1 aliphatic heterocycles. The molecule has 1 fully saturated rings. The van der Waals surface area contributed by atoms with Crippen molar-refractivity contribution in [3.8, 4) is 0 Å². The van der Waals surface area contributed by atoms with Gasteiger partial charge in [0, 0.05) is 12.1 Å². The molecule has 0 radical (unpaired) electrons. The monoisotopic (exact) mass is 312 g/mol. The number of halogens is 1. The van der Waals surface area contributed by atoms with Crippen molar-refractivity contribution in [3.63, 3.8) is 0 Å². The maximum atomic E-state index is 11.9. The van der Waals surface area contributed by atoms with Gasteiger partial charge >= 0.3 is 5.97 Å². The van der Waals surface area contributed by atoms with Crippen molar-refractivity contribution >= 4 is 46.1 Å². The third kappa shape index (κ3) is 3.13. The van der Waals surface area contributed by atoms with Crippen LogP contribution in [0.5, 0.6) is 0 Å². The Morgan fingerprint density at radius 1 is 1.55 bits per heavy atom. The zero-order valence-corrected chi connectivity index (χ0v) is 12.5. The van der Waals surface area contributed by atoms with Crippen molar-refractivity contribution in [3.05, 3.63) is 28.8 Å². The number of rotatable bonds is 3. The van der Waals surface area contributed by atoms with Gasteiger partial charge in [-0.1, -0.05) is 29.4 Å². The van der Waals surface area contributed by atoms with Gasteiger partial charge in [-0.05, 0) is 24.6 Å². The molecule has 0 bridgehead atoms. The van der Waals surface area contributed by atoms with Gasteiger partial charge in [0.25, 0.3) is 0 Å². The summed E-state index contributed by atoms with van der Waals surface area (Å²) < 4.78 is 0. The minimum absolute atomic E-state index is 0.207. The predicted octanol–water partition coefficient (Wildman–Crippen LogP) is 2.68. The average molecular weight is 313 g/mol. The molecule has 1 saturated heterocycles. The van der Waals surface area contributed by atoms with Crippen LogP contribution in [0.1, 0.15) is 12.0 Å². The Morgan fingerprint density at radius 3 is 2.85 bits per heavy atom. The molecule has 1 aliphatic rings.